The summed E-state index contributed by atoms with van der Waals surface area (Å²) in [5.41, 5.74) is 2.66. The first kappa shape index (κ1) is 27.2. The van der Waals surface area contributed by atoms with E-state index in [0.29, 0.717) is 30.2 Å². The van der Waals surface area contributed by atoms with Gasteiger partial charge in [-0.1, -0.05) is 50.8 Å². The zero-order valence-corrected chi connectivity index (χ0v) is 22.3. The van der Waals surface area contributed by atoms with E-state index in [2.05, 4.69) is 11.9 Å². The molecule has 0 bridgehead atoms. The Kier molecular flexibility index (Phi) is 9.71. The molecule has 2 aromatic carbocycles. The Morgan fingerprint density at radius 2 is 1.97 bits per heavy atom. The number of rotatable bonds is 12. The van der Waals surface area contributed by atoms with E-state index in [9.17, 15) is 13.6 Å². The number of amides is 1. The lowest BCUT2D eigenvalue weighted by atomic mass is 10.1. The van der Waals surface area contributed by atoms with Gasteiger partial charge in [-0.15, -0.1) is 0 Å². The molecule has 0 fully saturated rings. The molecule has 1 heterocycles. The lowest BCUT2D eigenvalue weighted by Gasteiger charge is -2.30. The van der Waals surface area contributed by atoms with Crippen molar-refractivity contribution in [2.24, 2.45) is 0 Å². The number of carbonyl (C=O) groups is 1. The highest BCUT2D eigenvalue weighted by Crippen LogP contribution is 2.27. The van der Waals surface area contributed by atoms with Crippen LogP contribution in [0.15, 0.2) is 36.4 Å². The Hall–Kier alpha value is -2.42. The van der Waals surface area contributed by atoms with Crippen molar-refractivity contribution in [1.82, 2.24) is 13.9 Å². The Bertz CT molecular complexity index is 1200. The normalized spacial score (nSPS) is 13.1. The minimum atomic E-state index is -2.66. The number of hydrogen-bond donors (Lipinski definition) is 0. The standard InChI is InChI=1S/C26H34ClN3O4S/c1-5-7-8-14-34-22-12-10-21(23(27)16-22)17-29-19(4)28-24-13-11-20(15-25(24)29)26(31)30(35(32)33)18(3)9-6-2/h10-13,15-16,18H,5-9,14,17H2,1-4H3,(H,32,33)/p-1. The maximum Gasteiger partial charge on any atom is 0.265 e. The molecule has 0 aliphatic rings. The summed E-state index contributed by atoms with van der Waals surface area (Å²) < 4.78 is 32.3. The van der Waals surface area contributed by atoms with Crippen LogP contribution in [0.25, 0.3) is 11.0 Å². The quantitative estimate of drug-likeness (QED) is 0.215. The molecule has 0 aliphatic carbocycles. The maximum atomic E-state index is 13.1. The molecular weight excluding hydrogens is 486 g/mol. The fraction of sp³-hybridized carbons (Fsp3) is 0.462. The molecular formula is C26H33ClN3O4S-. The molecule has 1 amide bonds. The predicted molar refractivity (Wildman–Crippen MR) is 140 cm³/mol. The van der Waals surface area contributed by atoms with Crippen LogP contribution in [0, 0.1) is 6.92 Å². The molecule has 3 aromatic rings. The second-order valence-electron chi connectivity index (χ2n) is 8.74. The van der Waals surface area contributed by atoms with E-state index in [1.54, 1.807) is 25.1 Å². The number of imidazole rings is 1. The second-order valence-corrected chi connectivity index (χ2v) is 9.98. The van der Waals surface area contributed by atoms with Crippen molar-refractivity contribution in [3.05, 3.63) is 58.4 Å². The fourth-order valence-corrected chi connectivity index (χ4v) is 4.98. The van der Waals surface area contributed by atoms with Gasteiger partial charge in [0.2, 0.25) is 0 Å². The van der Waals surface area contributed by atoms with Gasteiger partial charge in [-0.25, -0.2) is 4.98 Å². The number of unbranched alkanes of at least 4 members (excludes halogenated alkanes) is 2. The summed E-state index contributed by atoms with van der Waals surface area (Å²) >= 11 is 3.91. The number of ether oxygens (including phenoxy) is 1. The van der Waals surface area contributed by atoms with Crippen molar-refractivity contribution in [1.29, 1.82) is 0 Å². The molecule has 0 spiro atoms. The van der Waals surface area contributed by atoms with Crippen molar-refractivity contribution in [3.8, 4) is 5.75 Å². The van der Waals surface area contributed by atoms with E-state index in [1.807, 2.05) is 36.6 Å². The number of aromatic nitrogens is 2. The third-order valence-electron chi connectivity index (χ3n) is 6.02. The van der Waals surface area contributed by atoms with E-state index in [0.717, 1.165) is 58.2 Å². The van der Waals surface area contributed by atoms with E-state index < -0.39 is 23.2 Å². The minimum Gasteiger partial charge on any atom is -0.755 e. The Morgan fingerprint density at radius 3 is 2.63 bits per heavy atom. The van der Waals surface area contributed by atoms with Crippen LogP contribution in [0.1, 0.15) is 74.6 Å². The van der Waals surface area contributed by atoms with Crippen molar-refractivity contribution in [2.45, 2.75) is 72.4 Å². The number of benzene rings is 2. The molecule has 2 atom stereocenters. The lowest BCUT2D eigenvalue weighted by Crippen LogP contribution is -2.39. The first-order valence-corrected chi connectivity index (χ1v) is 13.5. The topological polar surface area (TPSA) is 87.5 Å². The third kappa shape index (κ3) is 6.63. The summed E-state index contributed by atoms with van der Waals surface area (Å²) in [4.78, 5) is 17.7. The van der Waals surface area contributed by atoms with Crippen molar-refractivity contribution in [2.75, 3.05) is 6.61 Å². The largest absolute Gasteiger partial charge is 0.755 e. The first-order chi connectivity index (χ1) is 16.8. The van der Waals surface area contributed by atoms with Gasteiger partial charge in [-0.3, -0.25) is 13.3 Å². The molecule has 0 aliphatic heterocycles. The highest BCUT2D eigenvalue weighted by Gasteiger charge is 2.23. The van der Waals surface area contributed by atoms with Gasteiger partial charge in [0.15, 0.2) is 0 Å². The molecule has 7 nitrogen and oxygen atoms in total. The van der Waals surface area contributed by atoms with Gasteiger partial charge in [0.1, 0.15) is 11.6 Å². The summed E-state index contributed by atoms with van der Waals surface area (Å²) in [6.45, 7) is 8.86. The van der Waals surface area contributed by atoms with E-state index in [1.165, 1.54) is 0 Å². The molecule has 0 saturated heterocycles. The number of fused-ring (bicyclic) bond motifs is 1. The van der Waals surface area contributed by atoms with Gasteiger partial charge in [0, 0.05) is 16.6 Å². The van der Waals surface area contributed by atoms with Crippen molar-refractivity contribution >= 4 is 39.8 Å². The molecule has 0 N–H and O–H groups in total. The van der Waals surface area contributed by atoms with Crippen LogP contribution in [-0.4, -0.2) is 41.2 Å². The molecule has 0 saturated carbocycles. The summed E-state index contributed by atoms with van der Waals surface area (Å²) in [6, 6.07) is 10.3. The zero-order valence-electron chi connectivity index (χ0n) is 20.8. The molecule has 9 heteroatoms. The van der Waals surface area contributed by atoms with Gasteiger partial charge in [0.25, 0.3) is 5.91 Å². The van der Waals surface area contributed by atoms with Gasteiger partial charge >= 0.3 is 0 Å². The van der Waals surface area contributed by atoms with Gasteiger partial charge in [-0.2, -0.15) is 0 Å². The van der Waals surface area contributed by atoms with Crippen LogP contribution >= 0.6 is 11.6 Å². The summed E-state index contributed by atoms with van der Waals surface area (Å²) in [5.74, 6) is 0.959. The van der Waals surface area contributed by atoms with Gasteiger partial charge < -0.3 is 13.9 Å². The van der Waals surface area contributed by atoms with E-state index in [-0.39, 0.29) is 0 Å². The van der Waals surface area contributed by atoms with Crippen molar-refractivity contribution < 1.29 is 18.3 Å². The fourth-order valence-electron chi connectivity index (χ4n) is 4.11. The molecule has 35 heavy (non-hydrogen) atoms. The molecule has 190 valence electrons. The first-order valence-electron chi connectivity index (χ1n) is 12.1. The Balaban J connectivity index is 1.87. The summed E-state index contributed by atoms with van der Waals surface area (Å²) in [7, 11) is 0. The Labute approximate surface area is 214 Å². The zero-order chi connectivity index (χ0) is 25.5. The average molecular weight is 519 g/mol. The molecule has 3 rings (SSSR count). The molecule has 2 unspecified atom stereocenters. The smallest absolute Gasteiger partial charge is 0.265 e. The third-order valence-corrected chi connectivity index (χ3v) is 7.22. The van der Waals surface area contributed by atoms with Gasteiger partial charge in [-0.05, 0) is 62.6 Å². The SMILES string of the molecule is CCCCCOc1ccc(Cn2c(C)nc3ccc(C(=O)N(C(C)CCC)S(=O)[O-])cc32)c(Cl)c1. The van der Waals surface area contributed by atoms with Crippen LogP contribution in [0.4, 0.5) is 0 Å². The predicted octanol–water partition coefficient (Wildman–Crippen LogP) is 6.04. The number of hydrogen-bond acceptors (Lipinski definition) is 5. The number of carbonyl (C=O) groups excluding carboxylic acids is 1. The summed E-state index contributed by atoms with van der Waals surface area (Å²) in [6.07, 6.45) is 4.64. The maximum absolute atomic E-state index is 13.1. The van der Waals surface area contributed by atoms with E-state index in [4.69, 9.17) is 16.3 Å². The minimum absolute atomic E-state index is 0.299. The van der Waals surface area contributed by atoms with Crippen LogP contribution < -0.4 is 4.74 Å². The highest BCUT2D eigenvalue weighted by atomic mass is 35.5. The highest BCUT2D eigenvalue weighted by molar-refractivity contribution is 7.77. The number of aryl methyl sites for hydroxylation is 1. The summed E-state index contributed by atoms with van der Waals surface area (Å²) in [5, 5.41) is 0.591. The van der Waals surface area contributed by atoms with Crippen LogP contribution in [0.5, 0.6) is 5.75 Å². The monoisotopic (exact) mass is 518 g/mol. The lowest BCUT2D eigenvalue weighted by molar-refractivity contribution is 0.0820. The van der Waals surface area contributed by atoms with E-state index >= 15 is 0 Å². The number of nitrogens with zero attached hydrogens (tertiary/aromatic N) is 3. The second kappa shape index (κ2) is 12.5. The molecule has 1 aromatic heterocycles. The van der Waals surface area contributed by atoms with Gasteiger partial charge in [0.05, 0.1) is 35.5 Å². The van der Waals surface area contributed by atoms with Crippen LogP contribution in [-0.2, 0) is 17.8 Å². The number of halogens is 1. The van der Waals surface area contributed by atoms with Crippen molar-refractivity contribution in [3.63, 3.8) is 0 Å². The molecule has 0 radical (unpaired) electrons. The van der Waals surface area contributed by atoms with Crippen LogP contribution in [0.3, 0.4) is 0 Å². The average Bonchev–Trinajstić information content (AvgIpc) is 3.12. The Morgan fingerprint density at radius 1 is 1.20 bits per heavy atom. The van der Waals surface area contributed by atoms with Crippen LogP contribution in [0.2, 0.25) is 5.02 Å².